The third-order valence-corrected chi connectivity index (χ3v) is 4.24. The second kappa shape index (κ2) is 5.11. The first-order valence-electron chi connectivity index (χ1n) is 6.55. The van der Waals surface area contributed by atoms with Crippen molar-refractivity contribution in [2.75, 3.05) is 0 Å². The molecule has 2 aliphatic rings. The van der Waals surface area contributed by atoms with Crippen molar-refractivity contribution in [1.82, 2.24) is 0 Å². The van der Waals surface area contributed by atoms with Crippen LogP contribution in [0.15, 0.2) is 0 Å². The lowest BCUT2D eigenvalue weighted by atomic mass is 9.80. The molecule has 15 heavy (non-hydrogen) atoms. The second-order valence-electron chi connectivity index (χ2n) is 5.36. The fraction of sp³-hybridized carbons (Fsp3) is 0.923. The van der Waals surface area contributed by atoms with Crippen LogP contribution < -0.4 is 5.73 Å². The van der Waals surface area contributed by atoms with Gasteiger partial charge in [-0.2, -0.15) is 0 Å². The molecular weight excluding hydrogens is 186 g/mol. The molecule has 0 aromatic carbocycles. The maximum absolute atomic E-state index is 12.0. The van der Waals surface area contributed by atoms with Crippen LogP contribution in [-0.4, -0.2) is 11.8 Å². The van der Waals surface area contributed by atoms with E-state index in [1.165, 1.54) is 32.1 Å². The summed E-state index contributed by atoms with van der Waals surface area (Å²) in [4.78, 5) is 12.0. The molecule has 0 aliphatic heterocycles. The van der Waals surface area contributed by atoms with Crippen molar-refractivity contribution in [2.24, 2.45) is 17.6 Å². The van der Waals surface area contributed by atoms with Gasteiger partial charge in [0.25, 0.3) is 0 Å². The lowest BCUT2D eigenvalue weighted by Gasteiger charge is -2.28. The van der Waals surface area contributed by atoms with Crippen molar-refractivity contribution in [3.05, 3.63) is 0 Å². The second-order valence-corrected chi connectivity index (χ2v) is 5.36. The average molecular weight is 209 g/mol. The van der Waals surface area contributed by atoms with E-state index in [-0.39, 0.29) is 0 Å². The van der Waals surface area contributed by atoms with Gasteiger partial charge in [0.1, 0.15) is 5.78 Å². The average Bonchev–Trinajstić information content (AvgIpc) is 2.74. The number of hydrogen-bond donors (Lipinski definition) is 1. The molecule has 2 atom stereocenters. The summed E-state index contributed by atoms with van der Waals surface area (Å²) in [6, 6.07) is 0.295. The summed E-state index contributed by atoms with van der Waals surface area (Å²) in [5, 5.41) is 0. The third-order valence-electron chi connectivity index (χ3n) is 4.24. The Morgan fingerprint density at radius 3 is 2.27 bits per heavy atom. The van der Waals surface area contributed by atoms with E-state index in [4.69, 9.17) is 5.73 Å². The third kappa shape index (κ3) is 2.81. The first-order valence-corrected chi connectivity index (χ1v) is 6.55. The highest BCUT2D eigenvalue weighted by Crippen LogP contribution is 2.31. The molecule has 0 aromatic rings. The van der Waals surface area contributed by atoms with Crippen LogP contribution in [-0.2, 0) is 4.79 Å². The Morgan fingerprint density at radius 1 is 1.00 bits per heavy atom. The minimum Gasteiger partial charge on any atom is -0.327 e. The van der Waals surface area contributed by atoms with Gasteiger partial charge in [0, 0.05) is 18.4 Å². The maximum atomic E-state index is 12.0. The highest BCUT2D eigenvalue weighted by molar-refractivity contribution is 5.81. The summed E-state index contributed by atoms with van der Waals surface area (Å²) in [6.07, 6.45) is 10.4. The van der Waals surface area contributed by atoms with E-state index in [0.29, 0.717) is 23.7 Å². The molecular formula is C13H23NO. The molecule has 0 saturated heterocycles. The van der Waals surface area contributed by atoms with E-state index >= 15 is 0 Å². The van der Waals surface area contributed by atoms with Gasteiger partial charge in [0.05, 0.1) is 0 Å². The van der Waals surface area contributed by atoms with Crippen LogP contribution in [0.1, 0.15) is 57.8 Å². The van der Waals surface area contributed by atoms with Gasteiger partial charge < -0.3 is 5.73 Å². The fourth-order valence-corrected chi connectivity index (χ4v) is 3.16. The summed E-state index contributed by atoms with van der Waals surface area (Å²) in [5.41, 5.74) is 6.07. The predicted octanol–water partition coefficient (Wildman–Crippen LogP) is 2.65. The lowest BCUT2D eigenvalue weighted by molar-refractivity contribution is -0.124. The van der Waals surface area contributed by atoms with E-state index in [0.717, 1.165) is 25.7 Å². The SMILES string of the molecule is NC1CCCCC1CC(=O)C1CCCC1. The van der Waals surface area contributed by atoms with E-state index in [2.05, 4.69) is 0 Å². The van der Waals surface area contributed by atoms with Gasteiger partial charge in [-0.1, -0.05) is 25.7 Å². The Labute approximate surface area is 92.6 Å². The predicted molar refractivity (Wildman–Crippen MR) is 61.5 cm³/mol. The summed E-state index contributed by atoms with van der Waals surface area (Å²) < 4.78 is 0. The van der Waals surface area contributed by atoms with Gasteiger partial charge in [0.15, 0.2) is 0 Å². The lowest BCUT2D eigenvalue weighted by Crippen LogP contribution is -2.35. The number of Topliss-reactive ketones (excluding diaryl/α,β-unsaturated/α-hetero) is 1. The number of rotatable bonds is 3. The Kier molecular flexibility index (Phi) is 3.79. The molecule has 2 aliphatic carbocycles. The Morgan fingerprint density at radius 2 is 1.60 bits per heavy atom. The maximum Gasteiger partial charge on any atom is 0.136 e. The summed E-state index contributed by atoms with van der Waals surface area (Å²) in [7, 11) is 0. The largest absolute Gasteiger partial charge is 0.327 e. The minimum absolute atomic E-state index is 0.295. The first kappa shape index (κ1) is 11.1. The molecule has 2 saturated carbocycles. The van der Waals surface area contributed by atoms with Crippen LogP contribution in [0.4, 0.5) is 0 Å². The minimum atomic E-state index is 0.295. The van der Waals surface area contributed by atoms with E-state index in [1.54, 1.807) is 0 Å². The van der Waals surface area contributed by atoms with E-state index in [9.17, 15) is 4.79 Å². The van der Waals surface area contributed by atoms with Gasteiger partial charge >= 0.3 is 0 Å². The zero-order chi connectivity index (χ0) is 10.7. The molecule has 0 heterocycles. The standard InChI is InChI=1S/C13H23NO/c14-12-8-4-3-7-11(12)9-13(15)10-5-1-2-6-10/h10-12H,1-9,14H2. The Hall–Kier alpha value is -0.370. The summed E-state index contributed by atoms with van der Waals surface area (Å²) in [5.74, 6) is 1.39. The van der Waals surface area contributed by atoms with Crippen LogP contribution in [0.25, 0.3) is 0 Å². The van der Waals surface area contributed by atoms with Crippen LogP contribution in [0.5, 0.6) is 0 Å². The van der Waals surface area contributed by atoms with Gasteiger partial charge in [-0.15, -0.1) is 0 Å². The normalized spacial score (nSPS) is 33.1. The van der Waals surface area contributed by atoms with Crippen molar-refractivity contribution in [1.29, 1.82) is 0 Å². The molecule has 2 nitrogen and oxygen atoms in total. The number of carbonyl (C=O) groups is 1. The Bertz CT molecular complexity index is 221. The molecule has 2 rings (SSSR count). The van der Waals surface area contributed by atoms with Crippen LogP contribution >= 0.6 is 0 Å². The quantitative estimate of drug-likeness (QED) is 0.776. The summed E-state index contributed by atoms with van der Waals surface area (Å²) >= 11 is 0. The number of hydrogen-bond acceptors (Lipinski definition) is 2. The topological polar surface area (TPSA) is 43.1 Å². The summed E-state index contributed by atoms with van der Waals surface area (Å²) in [6.45, 7) is 0. The molecule has 2 unspecified atom stereocenters. The number of nitrogens with two attached hydrogens (primary N) is 1. The van der Waals surface area contributed by atoms with Gasteiger partial charge in [-0.3, -0.25) is 4.79 Å². The zero-order valence-electron chi connectivity index (χ0n) is 9.58. The van der Waals surface area contributed by atoms with Crippen LogP contribution in [0.2, 0.25) is 0 Å². The van der Waals surface area contributed by atoms with E-state index in [1.807, 2.05) is 0 Å². The fourth-order valence-electron chi connectivity index (χ4n) is 3.16. The van der Waals surface area contributed by atoms with Crippen molar-refractivity contribution in [3.63, 3.8) is 0 Å². The highest BCUT2D eigenvalue weighted by atomic mass is 16.1. The monoisotopic (exact) mass is 209 g/mol. The molecule has 86 valence electrons. The molecule has 2 heteroatoms. The molecule has 0 bridgehead atoms. The molecule has 0 aromatic heterocycles. The van der Waals surface area contributed by atoms with Crippen molar-refractivity contribution in [3.8, 4) is 0 Å². The molecule has 0 radical (unpaired) electrons. The van der Waals surface area contributed by atoms with Gasteiger partial charge in [0.2, 0.25) is 0 Å². The molecule has 0 amide bonds. The van der Waals surface area contributed by atoms with Crippen LogP contribution in [0.3, 0.4) is 0 Å². The van der Waals surface area contributed by atoms with Crippen molar-refractivity contribution in [2.45, 2.75) is 63.8 Å². The van der Waals surface area contributed by atoms with Gasteiger partial charge in [-0.05, 0) is 31.6 Å². The number of carbonyl (C=O) groups excluding carboxylic acids is 1. The van der Waals surface area contributed by atoms with E-state index < -0.39 is 0 Å². The smallest absolute Gasteiger partial charge is 0.136 e. The van der Waals surface area contributed by atoms with Crippen molar-refractivity contribution >= 4 is 5.78 Å². The first-order chi connectivity index (χ1) is 7.27. The molecule has 2 N–H and O–H groups in total. The highest BCUT2D eigenvalue weighted by Gasteiger charge is 2.28. The Balaban J connectivity index is 1.81. The zero-order valence-corrected chi connectivity index (χ0v) is 9.58. The molecule has 0 spiro atoms. The van der Waals surface area contributed by atoms with Gasteiger partial charge in [-0.25, -0.2) is 0 Å². The molecule has 2 fully saturated rings. The number of ketones is 1. The van der Waals surface area contributed by atoms with Crippen LogP contribution in [0, 0.1) is 11.8 Å². The van der Waals surface area contributed by atoms with Crippen molar-refractivity contribution < 1.29 is 4.79 Å².